The van der Waals surface area contributed by atoms with Crippen LogP contribution in [0.3, 0.4) is 0 Å². The van der Waals surface area contributed by atoms with Crippen molar-refractivity contribution in [2.24, 2.45) is 0 Å². The molecule has 3 aromatic rings. The predicted molar refractivity (Wildman–Crippen MR) is 126 cm³/mol. The lowest BCUT2D eigenvalue weighted by molar-refractivity contribution is -0.144. The van der Waals surface area contributed by atoms with Crippen LogP contribution < -0.4 is 5.32 Å². The summed E-state index contributed by atoms with van der Waals surface area (Å²) in [6.45, 7) is 1.22. The fourth-order valence-corrected chi connectivity index (χ4v) is 4.82. The van der Waals surface area contributed by atoms with E-state index >= 15 is 0 Å². The Morgan fingerprint density at radius 1 is 1.00 bits per heavy atom. The number of thioether (sulfide) groups is 1. The zero-order valence-corrected chi connectivity index (χ0v) is 19.6. The van der Waals surface area contributed by atoms with Crippen molar-refractivity contribution >= 4 is 50.1 Å². The zero-order chi connectivity index (χ0) is 23.3. The van der Waals surface area contributed by atoms with E-state index in [-0.39, 0.29) is 10.6 Å². The number of esters is 1. The van der Waals surface area contributed by atoms with Gasteiger partial charge in [-0.3, -0.25) is 9.59 Å². The molecule has 0 bridgehead atoms. The number of amides is 1. The number of hydrogen-bond acceptors (Lipinski definition) is 6. The first-order valence-corrected chi connectivity index (χ1v) is 12.2. The van der Waals surface area contributed by atoms with Gasteiger partial charge in [0.05, 0.1) is 10.6 Å². The second-order valence-electron chi connectivity index (χ2n) is 7.27. The predicted octanol–water partition coefficient (Wildman–Crippen LogP) is 3.67. The van der Waals surface area contributed by atoms with Crippen molar-refractivity contribution in [3.63, 3.8) is 0 Å². The van der Waals surface area contributed by atoms with E-state index in [0.29, 0.717) is 11.3 Å². The molecule has 0 spiro atoms. The fraction of sp³-hybridized carbons (Fsp3) is 0.217. The Kier molecular flexibility index (Phi) is 7.55. The van der Waals surface area contributed by atoms with Crippen molar-refractivity contribution in [1.29, 1.82) is 0 Å². The Morgan fingerprint density at radius 3 is 2.44 bits per heavy atom. The maximum Gasteiger partial charge on any atom is 0.316 e. The van der Waals surface area contributed by atoms with E-state index in [2.05, 4.69) is 5.32 Å². The first-order valence-electron chi connectivity index (χ1n) is 9.77. The number of ether oxygens (including phenoxy) is 1. The average Bonchev–Trinajstić information content (AvgIpc) is 2.77. The molecule has 9 heteroatoms. The number of benzene rings is 3. The molecule has 32 heavy (non-hydrogen) atoms. The van der Waals surface area contributed by atoms with Crippen molar-refractivity contribution in [1.82, 2.24) is 4.31 Å². The van der Waals surface area contributed by atoms with Gasteiger partial charge in [0.15, 0.2) is 6.61 Å². The Balaban J connectivity index is 1.52. The molecule has 0 atom stereocenters. The fourth-order valence-electron chi connectivity index (χ4n) is 2.94. The molecule has 3 rings (SSSR count). The summed E-state index contributed by atoms with van der Waals surface area (Å²) in [7, 11) is -0.765. The monoisotopic (exact) mass is 472 g/mol. The van der Waals surface area contributed by atoms with Gasteiger partial charge in [-0.15, -0.1) is 11.8 Å². The molecule has 0 radical (unpaired) electrons. The van der Waals surface area contributed by atoms with E-state index in [9.17, 15) is 18.0 Å². The van der Waals surface area contributed by atoms with Crippen LogP contribution in [0.4, 0.5) is 5.69 Å². The number of hydrogen-bond donors (Lipinski definition) is 1. The first-order chi connectivity index (χ1) is 15.2. The Bertz CT molecular complexity index is 1260. The Labute approximate surface area is 191 Å². The summed E-state index contributed by atoms with van der Waals surface area (Å²) in [5.74, 6) is -0.995. The molecule has 0 saturated carbocycles. The quantitative estimate of drug-likeness (QED) is 0.397. The van der Waals surface area contributed by atoms with Gasteiger partial charge in [-0.1, -0.05) is 36.4 Å². The Morgan fingerprint density at radius 2 is 1.72 bits per heavy atom. The van der Waals surface area contributed by atoms with Gasteiger partial charge in [0.1, 0.15) is 0 Å². The molecule has 3 aromatic carbocycles. The van der Waals surface area contributed by atoms with Crippen molar-refractivity contribution in [3.8, 4) is 0 Å². The molecule has 1 amide bonds. The highest BCUT2D eigenvalue weighted by molar-refractivity contribution is 8.00. The maximum atomic E-state index is 12.4. The number of nitrogens with one attached hydrogen (secondary N) is 1. The highest BCUT2D eigenvalue weighted by Gasteiger charge is 2.20. The van der Waals surface area contributed by atoms with Gasteiger partial charge < -0.3 is 10.1 Å². The molecule has 7 nitrogen and oxygen atoms in total. The molecule has 0 aliphatic carbocycles. The average molecular weight is 473 g/mol. The SMILES string of the molecule is Cc1ccc(NC(=O)COC(=O)CSc2ccc3ccccc3c2)cc1S(=O)(=O)N(C)C. The van der Waals surface area contributed by atoms with Crippen LogP contribution in [0.2, 0.25) is 0 Å². The van der Waals surface area contributed by atoms with E-state index in [0.717, 1.165) is 20.0 Å². The smallest absolute Gasteiger partial charge is 0.316 e. The molecule has 1 N–H and O–H groups in total. The lowest BCUT2D eigenvalue weighted by Crippen LogP contribution is -2.24. The number of carbonyl (C=O) groups is 2. The molecule has 0 saturated heterocycles. The molecule has 0 aromatic heterocycles. The third kappa shape index (κ3) is 5.87. The van der Waals surface area contributed by atoms with Gasteiger partial charge in [-0.2, -0.15) is 0 Å². The van der Waals surface area contributed by atoms with Crippen LogP contribution in [0.15, 0.2) is 70.5 Å². The third-order valence-electron chi connectivity index (χ3n) is 4.67. The van der Waals surface area contributed by atoms with Crippen LogP contribution >= 0.6 is 11.8 Å². The van der Waals surface area contributed by atoms with Crippen molar-refractivity contribution in [3.05, 3.63) is 66.2 Å². The summed E-state index contributed by atoms with van der Waals surface area (Å²) in [5.41, 5.74) is 0.872. The van der Waals surface area contributed by atoms with Gasteiger partial charge in [-0.05, 0) is 47.5 Å². The van der Waals surface area contributed by atoms with Crippen LogP contribution in [-0.2, 0) is 24.3 Å². The van der Waals surface area contributed by atoms with E-state index in [1.807, 2.05) is 42.5 Å². The van der Waals surface area contributed by atoms with Crippen LogP contribution in [0.5, 0.6) is 0 Å². The topological polar surface area (TPSA) is 92.8 Å². The number of nitrogens with zero attached hydrogens (tertiary/aromatic N) is 1. The standard InChI is InChI=1S/C23H24N2O5S2/c1-16-8-10-19(13-21(16)32(28,29)25(2)3)24-22(26)14-30-23(27)15-31-20-11-9-17-6-4-5-7-18(17)12-20/h4-13H,14-15H2,1-3H3,(H,24,26). The van der Waals surface area contributed by atoms with Gasteiger partial charge >= 0.3 is 5.97 Å². The minimum atomic E-state index is -3.65. The third-order valence-corrected chi connectivity index (χ3v) is 7.60. The summed E-state index contributed by atoms with van der Waals surface area (Å²) in [6.07, 6.45) is 0. The van der Waals surface area contributed by atoms with Crippen molar-refractivity contribution in [2.75, 3.05) is 31.8 Å². The van der Waals surface area contributed by atoms with Crippen LogP contribution in [0.1, 0.15) is 5.56 Å². The van der Waals surface area contributed by atoms with Crippen molar-refractivity contribution < 1.29 is 22.7 Å². The van der Waals surface area contributed by atoms with Crippen LogP contribution in [0.25, 0.3) is 10.8 Å². The van der Waals surface area contributed by atoms with Gasteiger partial charge in [0.25, 0.3) is 5.91 Å². The minimum Gasteiger partial charge on any atom is -0.455 e. The number of rotatable bonds is 8. The number of fused-ring (bicyclic) bond motifs is 1. The second-order valence-corrected chi connectivity index (χ2v) is 10.4. The zero-order valence-electron chi connectivity index (χ0n) is 18.0. The number of anilines is 1. The molecule has 0 heterocycles. The summed E-state index contributed by atoms with van der Waals surface area (Å²) in [6, 6.07) is 18.5. The molecule has 0 unspecified atom stereocenters. The van der Waals surface area contributed by atoms with E-state index in [1.165, 1.54) is 31.9 Å². The van der Waals surface area contributed by atoms with Gasteiger partial charge in [0.2, 0.25) is 10.0 Å². The van der Waals surface area contributed by atoms with E-state index in [1.54, 1.807) is 19.1 Å². The van der Waals surface area contributed by atoms with Crippen LogP contribution in [-0.4, -0.2) is 51.1 Å². The lowest BCUT2D eigenvalue weighted by Gasteiger charge is -2.15. The highest BCUT2D eigenvalue weighted by Crippen LogP contribution is 2.24. The van der Waals surface area contributed by atoms with Gasteiger partial charge in [0, 0.05) is 24.7 Å². The normalized spacial score (nSPS) is 11.5. The van der Waals surface area contributed by atoms with Gasteiger partial charge in [-0.25, -0.2) is 12.7 Å². The number of sulfonamides is 1. The summed E-state index contributed by atoms with van der Waals surface area (Å²) in [4.78, 5) is 25.2. The molecule has 168 valence electrons. The molecular weight excluding hydrogens is 448 g/mol. The summed E-state index contributed by atoms with van der Waals surface area (Å²) in [5, 5.41) is 4.77. The molecule has 0 fully saturated rings. The number of carbonyl (C=O) groups excluding carboxylic acids is 2. The molecule has 0 aliphatic heterocycles. The second kappa shape index (κ2) is 10.2. The first kappa shape index (κ1) is 23.8. The van der Waals surface area contributed by atoms with E-state index < -0.39 is 28.5 Å². The van der Waals surface area contributed by atoms with Crippen LogP contribution in [0, 0.1) is 6.92 Å². The number of aryl methyl sites for hydroxylation is 1. The summed E-state index contributed by atoms with van der Waals surface area (Å²) >= 11 is 1.33. The molecule has 0 aliphatic rings. The van der Waals surface area contributed by atoms with E-state index in [4.69, 9.17) is 4.74 Å². The Hall–Kier alpha value is -2.88. The summed E-state index contributed by atoms with van der Waals surface area (Å²) < 4.78 is 31.0. The molecular formula is C23H24N2O5S2. The largest absolute Gasteiger partial charge is 0.455 e. The maximum absolute atomic E-state index is 12.4. The van der Waals surface area contributed by atoms with Crippen molar-refractivity contribution in [2.45, 2.75) is 16.7 Å². The minimum absolute atomic E-state index is 0.0708. The lowest BCUT2D eigenvalue weighted by atomic mass is 10.1. The highest BCUT2D eigenvalue weighted by atomic mass is 32.2.